The van der Waals surface area contributed by atoms with E-state index < -0.39 is 9.84 Å². The third-order valence-corrected chi connectivity index (χ3v) is 5.17. The van der Waals surface area contributed by atoms with Gasteiger partial charge in [0.15, 0.2) is 15.8 Å². The van der Waals surface area contributed by atoms with Gasteiger partial charge in [-0.1, -0.05) is 36.4 Å². The van der Waals surface area contributed by atoms with Gasteiger partial charge in [-0.2, -0.15) is 0 Å². The van der Waals surface area contributed by atoms with E-state index >= 15 is 0 Å². The number of nitrogens with zero attached hydrogens (tertiary/aromatic N) is 2. The van der Waals surface area contributed by atoms with Crippen LogP contribution < -0.4 is 5.32 Å². The van der Waals surface area contributed by atoms with Crippen LogP contribution in [0, 0.1) is 6.92 Å². The number of halogens is 1. The first kappa shape index (κ1) is 22.4. The van der Waals surface area contributed by atoms with Gasteiger partial charge in [-0.05, 0) is 35.7 Å². The predicted molar refractivity (Wildman–Crippen MR) is 118 cm³/mol. The highest BCUT2D eigenvalue weighted by Gasteiger charge is 2.09. The van der Waals surface area contributed by atoms with Crippen LogP contribution in [-0.4, -0.2) is 39.6 Å². The lowest BCUT2D eigenvalue weighted by atomic mass is 10.1. The molecule has 2 rings (SSSR count). The Kier molecular flexibility index (Phi) is 8.55. The minimum absolute atomic E-state index is 0. The van der Waals surface area contributed by atoms with E-state index in [2.05, 4.69) is 34.3 Å². The maximum absolute atomic E-state index is 11.5. The monoisotopic (exact) mass is 487 g/mol. The van der Waals surface area contributed by atoms with Crippen molar-refractivity contribution >= 4 is 39.8 Å². The smallest absolute Gasteiger partial charge is 0.193 e. The zero-order valence-corrected chi connectivity index (χ0v) is 18.7. The van der Waals surface area contributed by atoms with Gasteiger partial charge in [0.2, 0.25) is 0 Å². The zero-order valence-electron chi connectivity index (χ0n) is 15.6. The van der Waals surface area contributed by atoms with Crippen LogP contribution in [0.4, 0.5) is 0 Å². The van der Waals surface area contributed by atoms with Crippen molar-refractivity contribution in [2.24, 2.45) is 4.99 Å². The van der Waals surface area contributed by atoms with Crippen LogP contribution in [0.5, 0.6) is 0 Å². The van der Waals surface area contributed by atoms with E-state index in [0.29, 0.717) is 11.4 Å². The van der Waals surface area contributed by atoms with Crippen LogP contribution in [0.1, 0.15) is 16.7 Å². The molecular formula is C19H26IN3O2S. The number of hydrogen-bond donors (Lipinski definition) is 1. The fourth-order valence-electron chi connectivity index (χ4n) is 2.54. The molecule has 0 saturated carbocycles. The minimum atomic E-state index is -3.16. The molecule has 0 bridgehead atoms. The van der Waals surface area contributed by atoms with Crippen molar-refractivity contribution in [3.8, 4) is 0 Å². The molecule has 0 amide bonds. The Hall–Kier alpha value is -1.61. The summed E-state index contributed by atoms with van der Waals surface area (Å²) >= 11 is 0. The molecule has 0 aliphatic carbocycles. The van der Waals surface area contributed by atoms with Crippen molar-refractivity contribution in [2.45, 2.75) is 24.9 Å². The molecule has 0 aromatic heterocycles. The number of nitrogens with one attached hydrogen (secondary N) is 1. The van der Waals surface area contributed by atoms with Gasteiger partial charge in [-0.25, -0.2) is 8.42 Å². The average molecular weight is 487 g/mol. The molecule has 0 radical (unpaired) electrons. The molecule has 0 saturated heterocycles. The van der Waals surface area contributed by atoms with Crippen LogP contribution in [0.25, 0.3) is 0 Å². The van der Waals surface area contributed by atoms with Crippen molar-refractivity contribution in [1.29, 1.82) is 0 Å². The highest BCUT2D eigenvalue weighted by Crippen LogP contribution is 2.11. The molecule has 1 N–H and O–H groups in total. The van der Waals surface area contributed by atoms with Gasteiger partial charge in [0.05, 0.1) is 4.90 Å². The molecule has 0 aliphatic rings. The van der Waals surface area contributed by atoms with Crippen molar-refractivity contribution in [1.82, 2.24) is 10.2 Å². The van der Waals surface area contributed by atoms with E-state index in [0.717, 1.165) is 18.1 Å². The molecular weight excluding hydrogens is 461 g/mol. The lowest BCUT2D eigenvalue weighted by Gasteiger charge is -2.23. The quantitative estimate of drug-likeness (QED) is 0.400. The molecule has 0 atom stereocenters. The summed E-state index contributed by atoms with van der Waals surface area (Å²) in [7, 11) is 0.588. The number of hydrogen-bond acceptors (Lipinski definition) is 3. The summed E-state index contributed by atoms with van der Waals surface area (Å²) in [6.45, 7) is 3.44. The van der Waals surface area contributed by atoms with Gasteiger partial charge in [0.1, 0.15) is 0 Å². The van der Waals surface area contributed by atoms with E-state index in [-0.39, 0.29) is 24.0 Å². The van der Waals surface area contributed by atoms with Crippen LogP contribution in [0.2, 0.25) is 0 Å². The minimum Gasteiger partial charge on any atom is -0.352 e. The summed E-state index contributed by atoms with van der Waals surface area (Å²) in [5, 5.41) is 3.31. The molecule has 142 valence electrons. The highest BCUT2D eigenvalue weighted by molar-refractivity contribution is 14.0. The van der Waals surface area contributed by atoms with E-state index in [1.165, 1.54) is 17.4 Å². The van der Waals surface area contributed by atoms with Gasteiger partial charge in [-0.15, -0.1) is 24.0 Å². The fraction of sp³-hybridized carbons (Fsp3) is 0.316. The molecule has 0 aliphatic heterocycles. The SMILES string of the molecule is CN=C(NCc1ccc(S(C)(=O)=O)cc1)N(C)Cc1ccccc1C.I. The topological polar surface area (TPSA) is 61.8 Å². The zero-order chi connectivity index (χ0) is 18.4. The molecule has 2 aromatic carbocycles. The maximum Gasteiger partial charge on any atom is 0.193 e. The standard InChI is InChI=1S/C19H25N3O2S.HI/c1-15-7-5-6-8-17(15)14-22(3)19(20-2)21-13-16-9-11-18(12-10-16)25(4,23)24;/h5-12H,13-14H2,1-4H3,(H,20,21);1H. The van der Waals surface area contributed by atoms with Crippen molar-refractivity contribution in [3.63, 3.8) is 0 Å². The Balaban J connectivity index is 0.00000338. The second-order valence-electron chi connectivity index (χ2n) is 6.10. The van der Waals surface area contributed by atoms with E-state index in [4.69, 9.17) is 0 Å². The van der Waals surface area contributed by atoms with Gasteiger partial charge >= 0.3 is 0 Å². The van der Waals surface area contributed by atoms with Crippen LogP contribution in [0.15, 0.2) is 58.4 Å². The second-order valence-corrected chi connectivity index (χ2v) is 8.12. The number of aryl methyl sites for hydroxylation is 1. The van der Waals surface area contributed by atoms with E-state index in [9.17, 15) is 8.42 Å². The Labute approximate surface area is 173 Å². The third-order valence-electron chi connectivity index (χ3n) is 4.04. The lowest BCUT2D eigenvalue weighted by Crippen LogP contribution is -2.38. The third kappa shape index (κ3) is 6.28. The van der Waals surface area contributed by atoms with Crippen molar-refractivity contribution < 1.29 is 8.42 Å². The molecule has 0 unspecified atom stereocenters. The summed E-state index contributed by atoms with van der Waals surface area (Å²) in [5.41, 5.74) is 3.50. The normalized spacial score (nSPS) is 11.6. The highest BCUT2D eigenvalue weighted by atomic mass is 127. The van der Waals surface area contributed by atoms with Crippen LogP contribution >= 0.6 is 24.0 Å². The van der Waals surface area contributed by atoms with E-state index in [1.807, 2.05) is 31.3 Å². The molecule has 2 aromatic rings. The lowest BCUT2D eigenvalue weighted by molar-refractivity contribution is 0.475. The summed E-state index contributed by atoms with van der Waals surface area (Å²) in [4.78, 5) is 6.71. The Morgan fingerprint density at radius 3 is 2.27 bits per heavy atom. The summed E-state index contributed by atoms with van der Waals surface area (Å²) in [5.74, 6) is 0.787. The van der Waals surface area contributed by atoms with Gasteiger partial charge in [-0.3, -0.25) is 4.99 Å². The Morgan fingerprint density at radius 1 is 1.12 bits per heavy atom. The largest absolute Gasteiger partial charge is 0.352 e. The summed E-state index contributed by atoms with van der Waals surface area (Å²) in [6.07, 6.45) is 1.21. The summed E-state index contributed by atoms with van der Waals surface area (Å²) in [6, 6.07) is 15.2. The first-order valence-electron chi connectivity index (χ1n) is 8.06. The second kappa shape index (κ2) is 9.91. The van der Waals surface area contributed by atoms with Crippen molar-refractivity contribution in [2.75, 3.05) is 20.4 Å². The molecule has 0 heterocycles. The summed E-state index contributed by atoms with van der Waals surface area (Å²) < 4.78 is 23.0. The first-order valence-corrected chi connectivity index (χ1v) is 9.95. The first-order chi connectivity index (χ1) is 11.8. The number of sulfone groups is 1. The van der Waals surface area contributed by atoms with Crippen LogP contribution in [0.3, 0.4) is 0 Å². The Bertz CT molecular complexity index is 849. The average Bonchev–Trinajstić information content (AvgIpc) is 2.57. The predicted octanol–water partition coefficient (Wildman–Crippen LogP) is 3.22. The molecule has 0 fully saturated rings. The van der Waals surface area contributed by atoms with Crippen LogP contribution in [-0.2, 0) is 22.9 Å². The van der Waals surface area contributed by atoms with Gasteiger partial charge in [0.25, 0.3) is 0 Å². The van der Waals surface area contributed by atoms with Gasteiger partial charge in [0, 0.05) is 33.4 Å². The Morgan fingerprint density at radius 2 is 1.73 bits per heavy atom. The number of guanidine groups is 1. The fourth-order valence-corrected chi connectivity index (χ4v) is 3.17. The molecule has 5 nitrogen and oxygen atoms in total. The van der Waals surface area contributed by atoms with Gasteiger partial charge < -0.3 is 10.2 Å². The molecule has 7 heteroatoms. The number of rotatable bonds is 5. The van der Waals surface area contributed by atoms with E-state index in [1.54, 1.807) is 19.2 Å². The molecule has 26 heavy (non-hydrogen) atoms. The maximum atomic E-state index is 11.5. The number of aliphatic imine (C=N–C) groups is 1. The number of benzene rings is 2. The molecule has 0 spiro atoms. The van der Waals surface area contributed by atoms with Crippen molar-refractivity contribution in [3.05, 3.63) is 65.2 Å².